The Morgan fingerprint density at radius 3 is 2.73 bits per heavy atom. The fourth-order valence-corrected chi connectivity index (χ4v) is 2.07. The second kappa shape index (κ2) is 4.35. The largest absolute Gasteiger partial charge is 0.341 e. The van der Waals surface area contributed by atoms with Gasteiger partial charge in [-0.2, -0.15) is 5.10 Å². The number of hydrogen-bond donors (Lipinski definition) is 0. The number of carbonyl (C=O) groups excluding carboxylic acids is 1. The van der Waals surface area contributed by atoms with Crippen molar-refractivity contribution in [2.75, 3.05) is 13.1 Å². The molecule has 82 valence electrons. The summed E-state index contributed by atoms with van der Waals surface area (Å²) in [6.07, 6.45) is 3.99. The summed E-state index contributed by atoms with van der Waals surface area (Å²) >= 11 is 3.38. The highest BCUT2D eigenvalue weighted by Gasteiger charge is 2.19. The van der Waals surface area contributed by atoms with E-state index < -0.39 is 0 Å². The Hall–Kier alpha value is -0.840. The van der Waals surface area contributed by atoms with E-state index in [0.29, 0.717) is 6.54 Å². The van der Waals surface area contributed by atoms with Gasteiger partial charge < -0.3 is 4.90 Å². The zero-order valence-electron chi connectivity index (χ0n) is 8.74. The topological polar surface area (TPSA) is 38.1 Å². The molecule has 0 spiro atoms. The van der Waals surface area contributed by atoms with Gasteiger partial charge in [-0.05, 0) is 35.7 Å². The Kier molecular flexibility index (Phi) is 3.09. The van der Waals surface area contributed by atoms with Crippen LogP contribution in [0.15, 0.2) is 10.7 Å². The number of carbonyl (C=O) groups is 1. The van der Waals surface area contributed by atoms with Gasteiger partial charge in [0.2, 0.25) is 5.91 Å². The molecule has 1 fully saturated rings. The normalized spacial score (nSPS) is 16.0. The first-order valence-corrected chi connectivity index (χ1v) is 5.93. The molecule has 0 atom stereocenters. The van der Waals surface area contributed by atoms with Crippen molar-refractivity contribution >= 4 is 21.8 Å². The molecule has 1 aromatic rings. The molecule has 1 amide bonds. The highest BCUT2D eigenvalue weighted by molar-refractivity contribution is 9.10. The van der Waals surface area contributed by atoms with Gasteiger partial charge in [0.25, 0.3) is 0 Å². The summed E-state index contributed by atoms with van der Waals surface area (Å²) in [7, 11) is 0. The number of amides is 1. The molecule has 15 heavy (non-hydrogen) atoms. The van der Waals surface area contributed by atoms with Crippen molar-refractivity contribution in [2.24, 2.45) is 0 Å². The Labute approximate surface area is 97.4 Å². The molecule has 4 nitrogen and oxygen atoms in total. The third-order valence-electron chi connectivity index (χ3n) is 2.79. The summed E-state index contributed by atoms with van der Waals surface area (Å²) in [6, 6.07) is 0. The molecule has 2 heterocycles. The average Bonchev–Trinajstić information content (AvgIpc) is 2.83. The quantitative estimate of drug-likeness (QED) is 0.819. The van der Waals surface area contributed by atoms with E-state index in [4.69, 9.17) is 0 Å². The van der Waals surface area contributed by atoms with E-state index in [9.17, 15) is 4.79 Å². The lowest BCUT2D eigenvalue weighted by Gasteiger charge is -2.15. The van der Waals surface area contributed by atoms with Gasteiger partial charge in [-0.3, -0.25) is 9.48 Å². The van der Waals surface area contributed by atoms with Crippen LogP contribution in [0.2, 0.25) is 0 Å². The Morgan fingerprint density at radius 2 is 2.20 bits per heavy atom. The highest BCUT2D eigenvalue weighted by Crippen LogP contribution is 2.15. The van der Waals surface area contributed by atoms with Crippen molar-refractivity contribution in [3.8, 4) is 0 Å². The summed E-state index contributed by atoms with van der Waals surface area (Å²) in [5, 5.41) is 4.15. The lowest BCUT2D eigenvalue weighted by Crippen LogP contribution is -2.31. The summed E-state index contributed by atoms with van der Waals surface area (Å²) in [6.45, 7) is 4.12. The van der Waals surface area contributed by atoms with Crippen molar-refractivity contribution in [1.29, 1.82) is 0 Å². The van der Waals surface area contributed by atoms with Crippen molar-refractivity contribution in [3.05, 3.63) is 16.4 Å². The fraction of sp³-hybridized carbons (Fsp3) is 0.600. The molecule has 1 aliphatic heterocycles. The van der Waals surface area contributed by atoms with Crippen LogP contribution in [0.4, 0.5) is 0 Å². The first-order valence-electron chi connectivity index (χ1n) is 5.14. The van der Waals surface area contributed by atoms with E-state index >= 15 is 0 Å². The van der Waals surface area contributed by atoms with Crippen LogP contribution in [0.5, 0.6) is 0 Å². The van der Waals surface area contributed by atoms with Crippen LogP contribution >= 0.6 is 15.9 Å². The molecule has 0 aliphatic carbocycles. The zero-order valence-corrected chi connectivity index (χ0v) is 10.3. The monoisotopic (exact) mass is 271 g/mol. The number of halogens is 1. The third-order valence-corrected chi connectivity index (χ3v) is 3.57. The molecule has 1 saturated heterocycles. The molecule has 1 aromatic heterocycles. The van der Waals surface area contributed by atoms with E-state index in [1.807, 2.05) is 11.8 Å². The van der Waals surface area contributed by atoms with Gasteiger partial charge in [-0.15, -0.1) is 0 Å². The third kappa shape index (κ3) is 2.22. The first-order chi connectivity index (χ1) is 7.18. The molecule has 0 unspecified atom stereocenters. The van der Waals surface area contributed by atoms with E-state index in [2.05, 4.69) is 21.0 Å². The van der Waals surface area contributed by atoms with Gasteiger partial charge in [0.1, 0.15) is 6.54 Å². The highest BCUT2D eigenvalue weighted by atomic mass is 79.9. The molecule has 0 saturated carbocycles. The van der Waals surface area contributed by atoms with E-state index in [-0.39, 0.29) is 5.91 Å². The van der Waals surface area contributed by atoms with Crippen LogP contribution in [-0.2, 0) is 11.3 Å². The Morgan fingerprint density at radius 1 is 1.53 bits per heavy atom. The molecule has 0 N–H and O–H groups in total. The van der Waals surface area contributed by atoms with Gasteiger partial charge >= 0.3 is 0 Å². The number of aromatic nitrogens is 2. The number of rotatable bonds is 2. The summed E-state index contributed by atoms with van der Waals surface area (Å²) in [4.78, 5) is 13.7. The van der Waals surface area contributed by atoms with Gasteiger partial charge in [0, 0.05) is 13.1 Å². The standard InChI is InChI=1S/C10H14BrN3O/c1-8-9(11)6-12-14(8)7-10(15)13-4-2-3-5-13/h6H,2-5,7H2,1H3. The maximum atomic E-state index is 11.8. The molecule has 1 aliphatic rings. The van der Waals surface area contributed by atoms with E-state index in [0.717, 1.165) is 36.1 Å². The van der Waals surface area contributed by atoms with Crippen molar-refractivity contribution in [2.45, 2.75) is 26.3 Å². The van der Waals surface area contributed by atoms with Gasteiger partial charge in [0.15, 0.2) is 0 Å². The van der Waals surface area contributed by atoms with Crippen LogP contribution in [-0.4, -0.2) is 33.7 Å². The molecule has 2 rings (SSSR count). The Balaban J connectivity index is 2.02. The fourth-order valence-electron chi connectivity index (χ4n) is 1.78. The van der Waals surface area contributed by atoms with Crippen LogP contribution in [0, 0.1) is 6.92 Å². The molecule has 5 heteroatoms. The van der Waals surface area contributed by atoms with Gasteiger partial charge in [-0.25, -0.2) is 0 Å². The summed E-state index contributed by atoms with van der Waals surface area (Å²) < 4.78 is 2.70. The van der Waals surface area contributed by atoms with E-state index in [1.165, 1.54) is 0 Å². The average molecular weight is 272 g/mol. The van der Waals surface area contributed by atoms with Crippen LogP contribution in [0.3, 0.4) is 0 Å². The minimum atomic E-state index is 0.172. The van der Waals surface area contributed by atoms with E-state index in [1.54, 1.807) is 10.9 Å². The molecule has 0 aromatic carbocycles. The lowest BCUT2D eigenvalue weighted by atomic mass is 10.4. The first kappa shape index (κ1) is 10.7. The van der Waals surface area contributed by atoms with Gasteiger partial charge in [0.05, 0.1) is 16.4 Å². The maximum absolute atomic E-state index is 11.8. The second-order valence-electron chi connectivity index (χ2n) is 3.82. The second-order valence-corrected chi connectivity index (χ2v) is 4.68. The van der Waals surface area contributed by atoms with Crippen LogP contribution in [0.25, 0.3) is 0 Å². The number of likely N-dealkylation sites (tertiary alicyclic amines) is 1. The van der Waals surface area contributed by atoms with Crippen LogP contribution < -0.4 is 0 Å². The summed E-state index contributed by atoms with van der Waals surface area (Å²) in [5.41, 5.74) is 1.00. The van der Waals surface area contributed by atoms with Gasteiger partial charge in [-0.1, -0.05) is 0 Å². The van der Waals surface area contributed by atoms with Crippen LogP contribution in [0.1, 0.15) is 18.5 Å². The molecular weight excluding hydrogens is 258 g/mol. The predicted molar refractivity (Wildman–Crippen MR) is 60.5 cm³/mol. The molecular formula is C10H14BrN3O. The Bertz CT molecular complexity index is 369. The van der Waals surface area contributed by atoms with Crippen molar-refractivity contribution < 1.29 is 4.79 Å². The predicted octanol–water partition coefficient (Wildman–Crippen LogP) is 1.58. The molecule has 0 radical (unpaired) electrons. The lowest BCUT2D eigenvalue weighted by molar-refractivity contribution is -0.130. The van der Waals surface area contributed by atoms with Crippen molar-refractivity contribution in [1.82, 2.24) is 14.7 Å². The minimum absolute atomic E-state index is 0.172. The number of nitrogens with zero attached hydrogens (tertiary/aromatic N) is 3. The SMILES string of the molecule is Cc1c(Br)cnn1CC(=O)N1CCCC1. The summed E-state index contributed by atoms with van der Waals surface area (Å²) in [5.74, 6) is 0.172. The van der Waals surface area contributed by atoms with Crippen molar-refractivity contribution in [3.63, 3.8) is 0 Å². The number of hydrogen-bond acceptors (Lipinski definition) is 2. The molecule has 0 bridgehead atoms. The minimum Gasteiger partial charge on any atom is -0.341 e. The zero-order chi connectivity index (χ0) is 10.8. The smallest absolute Gasteiger partial charge is 0.244 e. The maximum Gasteiger partial charge on any atom is 0.244 e.